The van der Waals surface area contributed by atoms with E-state index < -0.39 is 6.10 Å². The molecule has 1 heterocycles. The molecular weight excluding hydrogens is 234 g/mol. The second-order valence-electron chi connectivity index (χ2n) is 5.00. The molecule has 18 heavy (non-hydrogen) atoms. The number of ether oxygens (including phenoxy) is 1. The van der Waals surface area contributed by atoms with Crippen LogP contribution in [0.2, 0.25) is 0 Å². The molecular formula is C12H21N3O3. The third-order valence-corrected chi connectivity index (χ3v) is 3.78. The van der Waals surface area contributed by atoms with Crippen molar-refractivity contribution < 1.29 is 14.7 Å². The zero-order chi connectivity index (χ0) is 13.0. The highest BCUT2D eigenvalue weighted by atomic mass is 16.5. The van der Waals surface area contributed by atoms with Gasteiger partial charge in [-0.3, -0.25) is 4.79 Å². The maximum absolute atomic E-state index is 12.3. The number of nitrogens with zero attached hydrogens (tertiary/aromatic N) is 2. The maximum Gasteiger partial charge on any atom is 0.225 e. The van der Waals surface area contributed by atoms with E-state index in [1.807, 2.05) is 0 Å². The molecule has 0 spiro atoms. The number of amides is 1. The van der Waals surface area contributed by atoms with E-state index >= 15 is 0 Å². The second kappa shape index (κ2) is 6.04. The Hall–Kier alpha value is -1.30. The van der Waals surface area contributed by atoms with Crippen molar-refractivity contribution in [2.45, 2.75) is 38.2 Å². The molecule has 6 heteroatoms. The second-order valence-corrected chi connectivity index (χ2v) is 5.00. The van der Waals surface area contributed by atoms with Gasteiger partial charge in [0.15, 0.2) is 5.84 Å². The summed E-state index contributed by atoms with van der Waals surface area (Å²) in [4.78, 5) is 14.1. The van der Waals surface area contributed by atoms with Crippen molar-refractivity contribution in [1.29, 1.82) is 0 Å². The van der Waals surface area contributed by atoms with Gasteiger partial charge in [0.05, 0.1) is 13.2 Å². The molecule has 2 fully saturated rings. The van der Waals surface area contributed by atoms with Gasteiger partial charge in [0.1, 0.15) is 6.10 Å². The van der Waals surface area contributed by atoms with Gasteiger partial charge in [-0.1, -0.05) is 24.4 Å². The summed E-state index contributed by atoms with van der Waals surface area (Å²) >= 11 is 0. The van der Waals surface area contributed by atoms with Gasteiger partial charge < -0.3 is 20.6 Å². The van der Waals surface area contributed by atoms with Gasteiger partial charge in [-0.15, -0.1) is 0 Å². The zero-order valence-electron chi connectivity index (χ0n) is 10.5. The third-order valence-electron chi connectivity index (χ3n) is 3.78. The van der Waals surface area contributed by atoms with Crippen LogP contribution in [0.1, 0.15) is 32.1 Å². The van der Waals surface area contributed by atoms with E-state index in [9.17, 15) is 4.79 Å². The van der Waals surface area contributed by atoms with Crippen molar-refractivity contribution in [2.75, 3.05) is 19.7 Å². The van der Waals surface area contributed by atoms with Crippen LogP contribution in [0.4, 0.5) is 0 Å². The van der Waals surface area contributed by atoms with E-state index in [2.05, 4.69) is 5.16 Å². The summed E-state index contributed by atoms with van der Waals surface area (Å²) in [6.45, 7) is 1.44. The Labute approximate surface area is 107 Å². The fraction of sp³-hybridized carbons (Fsp3) is 0.833. The minimum Gasteiger partial charge on any atom is -0.409 e. The van der Waals surface area contributed by atoms with Crippen LogP contribution in [0.3, 0.4) is 0 Å². The lowest BCUT2D eigenvalue weighted by molar-refractivity contribution is -0.142. The summed E-state index contributed by atoms with van der Waals surface area (Å²) in [5, 5.41) is 11.6. The van der Waals surface area contributed by atoms with Crippen LogP contribution < -0.4 is 5.73 Å². The fourth-order valence-electron chi connectivity index (χ4n) is 2.70. The Morgan fingerprint density at radius 3 is 2.72 bits per heavy atom. The largest absolute Gasteiger partial charge is 0.409 e. The van der Waals surface area contributed by atoms with Crippen molar-refractivity contribution in [2.24, 2.45) is 16.8 Å². The number of carbonyl (C=O) groups excluding carboxylic acids is 1. The molecule has 0 bridgehead atoms. The first-order chi connectivity index (χ1) is 8.72. The van der Waals surface area contributed by atoms with Crippen molar-refractivity contribution in [3.8, 4) is 0 Å². The van der Waals surface area contributed by atoms with Crippen LogP contribution in [0, 0.1) is 5.92 Å². The van der Waals surface area contributed by atoms with E-state index in [1.54, 1.807) is 4.90 Å². The van der Waals surface area contributed by atoms with E-state index in [0.29, 0.717) is 19.7 Å². The molecule has 0 radical (unpaired) electrons. The van der Waals surface area contributed by atoms with E-state index in [0.717, 1.165) is 25.7 Å². The summed E-state index contributed by atoms with van der Waals surface area (Å²) in [5.41, 5.74) is 5.53. The van der Waals surface area contributed by atoms with Gasteiger partial charge in [0.2, 0.25) is 5.91 Å². The zero-order valence-corrected chi connectivity index (χ0v) is 10.5. The van der Waals surface area contributed by atoms with Crippen LogP contribution >= 0.6 is 0 Å². The van der Waals surface area contributed by atoms with Crippen LogP contribution in [0.5, 0.6) is 0 Å². The molecule has 0 aromatic carbocycles. The highest BCUT2D eigenvalue weighted by Gasteiger charge is 2.31. The normalized spacial score (nSPS) is 27.2. The van der Waals surface area contributed by atoms with Gasteiger partial charge in [-0.25, -0.2) is 0 Å². The summed E-state index contributed by atoms with van der Waals surface area (Å²) in [7, 11) is 0. The molecule has 102 valence electrons. The Morgan fingerprint density at radius 2 is 2.06 bits per heavy atom. The molecule has 0 aromatic rings. The summed E-state index contributed by atoms with van der Waals surface area (Å²) in [6.07, 6.45) is 5.03. The molecule has 2 rings (SSSR count). The number of morpholine rings is 1. The molecule has 2 aliphatic rings. The minimum atomic E-state index is -0.476. The van der Waals surface area contributed by atoms with Crippen LogP contribution in [-0.4, -0.2) is 47.7 Å². The molecule has 6 nitrogen and oxygen atoms in total. The minimum absolute atomic E-state index is 0.0381. The lowest BCUT2D eigenvalue weighted by Gasteiger charge is -2.35. The number of amidine groups is 1. The van der Waals surface area contributed by atoms with Crippen molar-refractivity contribution >= 4 is 11.7 Å². The molecule has 3 N–H and O–H groups in total. The number of nitrogens with two attached hydrogens (primary N) is 1. The quantitative estimate of drug-likeness (QED) is 0.326. The Kier molecular flexibility index (Phi) is 4.41. The highest BCUT2D eigenvalue weighted by molar-refractivity contribution is 5.86. The maximum atomic E-state index is 12.3. The predicted molar refractivity (Wildman–Crippen MR) is 66.3 cm³/mol. The van der Waals surface area contributed by atoms with Gasteiger partial charge in [-0.2, -0.15) is 0 Å². The Balaban J connectivity index is 1.93. The molecule has 1 atom stereocenters. The van der Waals surface area contributed by atoms with Crippen LogP contribution in [0.15, 0.2) is 5.16 Å². The summed E-state index contributed by atoms with van der Waals surface area (Å²) < 4.78 is 5.39. The first kappa shape index (κ1) is 13.1. The predicted octanol–water partition coefficient (Wildman–Crippen LogP) is 0.540. The lowest BCUT2D eigenvalue weighted by Crippen LogP contribution is -2.52. The SMILES string of the molecule is NC(=NO)C1CN(C(=O)C2CCCCC2)CCO1. The number of carbonyl (C=O) groups is 1. The molecule has 1 saturated heterocycles. The average molecular weight is 255 g/mol. The number of hydrogen-bond acceptors (Lipinski definition) is 4. The molecule has 1 unspecified atom stereocenters. The van der Waals surface area contributed by atoms with E-state index in [4.69, 9.17) is 15.7 Å². The Morgan fingerprint density at radius 1 is 1.33 bits per heavy atom. The van der Waals surface area contributed by atoms with Crippen molar-refractivity contribution in [3.63, 3.8) is 0 Å². The summed E-state index contributed by atoms with van der Waals surface area (Å²) in [5.74, 6) is 0.398. The standard InChI is InChI=1S/C12H21N3O3/c13-11(14-17)10-8-15(6-7-18-10)12(16)9-4-2-1-3-5-9/h9-10,17H,1-8H2,(H2,13,14). The van der Waals surface area contributed by atoms with Gasteiger partial charge in [0, 0.05) is 12.5 Å². The molecule has 0 aromatic heterocycles. The number of oxime groups is 1. The van der Waals surface area contributed by atoms with Gasteiger partial charge in [-0.05, 0) is 12.8 Å². The first-order valence-electron chi connectivity index (χ1n) is 6.60. The first-order valence-corrected chi connectivity index (χ1v) is 6.60. The summed E-state index contributed by atoms with van der Waals surface area (Å²) in [6, 6.07) is 0. The van der Waals surface area contributed by atoms with Crippen LogP contribution in [-0.2, 0) is 9.53 Å². The monoisotopic (exact) mass is 255 g/mol. The average Bonchev–Trinajstić information content (AvgIpc) is 2.46. The fourth-order valence-corrected chi connectivity index (χ4v) is 2.70. The topological polar surface area (TPSA) is 88.2 Å². The van der Waals surface area contributed by atoms with E-state index in [1.165, 1.54) is 6.42 Å². The van der Waals surface area contributed by atoms with Crippen molar-refractivity contribution in [1.82, 2.24) is 4.90 Å². The Bertz CT molecular complexity index is 327. The van der Waals surface area contributed by atoms with Gasteiger partial charge >= 0.3 is 0 Å². The molecule has 1 amide bonds. The molecule has 1 aliphatic heterocycles. The van der Waals surface area contributed by atoms with Crippen LogP contribution in [0.25, 0.3) is 0 Å². The number of rotatable bonds is 2. The molecule has 1 aliphatic carbocycles. The third kappa shape index (κ3) is 2.93. The molecule has 1 saturated carbocycles. The smallest absolute Gasteiger partial charge is 0.225 e. The van der Waals surface area contributed by atoms with Gasteiger partial charge in [0.25, 0.3) is 0 Å². The van der Waals surface area contributed by atoms with Crippen molar-refractivity contribution in [3.05, 3.63) is 0 Å². The highest BCUT2D eigenvalue weighted by Crippen LogP contribution is 2.26. The van der Waals surface area contributed by atoms with E-state index in [-0.39, 0.29) is 17.7 Å². The number of hydrogen-bond donors (Lipinski definition) is 2. The lowest BCUT2D eigenvalue weighted by atomic mass is 9.88.